The first-order valence-corrected chi connectivity index (χ1v) is 6.61. The van der Waals surface area contributed by atoms with Gasteiger partial charge in [-0.05, 0) is 58.8 Å². The number of aryl methyl sites for hydroxylation is 1. The molecular formula is C14H25N3. The van der Waals surface area contributed by atoms with E-state index in [4.69, 9.17) is 5.73 Å². The Kier molecular flexibility index (Phi) is 3.59. The Morgan fingerprint density at radius 2 is 2.24 bits per heavy atom. The molecule has 2 atom stereocenters. The van der Waals surface area contributed by atoms with E-state index >= 15 is 0 Å². The summed E-state index contributed by atoms with van der Waals surface area (Å²) in [6, 6.07) is 3.11. The molecule has 0 saturated heterocycles. The monoisotopic (exact) mass is 235 g/mol. The molecule has 3 nitrogen and oxygen atoms in total. The summed E-state index contributed by atoms with van der Waals surface area (Å²) in [6.45, 7) is 5.54. The van der Waals surface area contributed by atoms with Crippen LogP contribution in [0.15, 0.2) is 6.07 Å². The first kappa shape index (κ1) is 12.7. The first-order chi connectivity index (χ1) is 8.00. The van der Waals surface area contributed by atoms with Crippen molar-refractivity contribution < 1.29 is 0 Å². The lowest BCUT2D eigenvalue weighted by Crippen LogP contribution is -2.30. The fourth-order valence-electron chi connectivity index (χ4n) is 2.68. The molecule has 0 bridgehead atoms. The highest BCUT2D eigenvalue weighted by molar-refractivity contribution is 5.32. The minimum Gasteiger partial charge on any atom is -0.347 e. The van der Waals surface area contributed by atoms with E-state index in [9.17, 15) is 0 Å². The van der Waals surface area contributed by atoms with Gasteiger partial charge in [-0.25, -0.2) is 0 Å². The minimum atomic E-state index is 0.258. The van der Waals surface area contributed by atoms with E-state index in [-0.39, 0.29) is 6.04 Å². The molecule has 0 spiro atoms. The van der Waals surface area contributed by atoms with Crippen LogP contribution in [-0.4, -0.2) is 29.6 Å². The maximum atomic E-state index is 6.20. The largest absolute Gasteiger partial charge is 0.347 e. The summed E-state index contributed by atoms with van der Waals surface area (Å²) >= 11 is 0. The average molecular weight is 235 g/mol. The second kappa shape index (κ2) is 4.83. The Bertz CT molecular complexity index is 392. The van der Waals surface area contributed by atoms with E-state index in [1.807, 2.05) is 0 Å². The zero-order valence-corrected chi connectivity index (χ0v) is 11.5. The molecule has 2 rings (SSSR count). The predicted octanol–water partition coefficient (Wildman–Crippen LogP) is 2.08. The van der Waals surface area contributed by atoms with Gasteiger partial charge in [0, 0.05) is 30.0 Å². The van der Waals surface area contributed by atoms with Crippen LogP contribution in [0, 0.1) is 6.92 Å². The number of nitrogens with two attached hydrogens (primary N) is 1. The zero-order valence-electron chi connectivity index (χ0n) is 11.5. The van der Waals surface area contributed by atoms with Crippen molar-refractivity contribution in [3.05, 3.63) is 23.0 Å². The molecule has 1 aromatic rings. The lowest BCUT2D eigenvalue weighted by Gasteiger charge is -2.25. The van der Waals surface area contributed by atoms with Gasteiger partial charge < -0.3 is 15.2 Å². The van der Waals surface area contributed by atoms with Crippen molar-refractivity contribution in [1.82, 2.24) is 9.47 Å². The lowest BCUT2D eigenvalue weighted by molar-refractivity contribution is 0.279. The fourth-order valence-corrected chi connectivity index (χ4v) is 2.68. The molecule has 1 heterocycles. The smallest absolute Gasteiger partial charge is 0.0378 e. The molecule has 2 N–H and O–H groups in total. The quantitative estimate of drug-likeness (QED) is 0.870. The summed E-state index contributed by atoms with van der Waals surface area (Å²) in [6.07, 6.45) is 3.56. The number of nitrogens with zero attached hydrogens (tertiary/aromatic N) is 2. The molecule has 0 amide bonds. The molecule has 0 radical (unpaired) electrons. The van der Waals surface area contributed by atoms with E-state index in [1.165, 1.54) is 29.8 Å². The summed E-state index contributed by atoms with van der Waals surface area (Å²) in [5, 5.41) is 0. The normalized spacial score (nSPS) is 21.6. The molecule has 2 unspecified atom stereocenters. The van der Waals surface area contributed by atoms with Crippen molar-refractivity contribution in [3.8, 4) is 0 Å². The van der Waals surface area contributed by atoms with Crippen molar-refractivity contribution in [2.45, 2.75) is 51.7 Å². The highest BCUT2D eigenvalue weighted by Crippen LogP contribution is 2.30. The number of aromatic nitrogens is 1. The van der Waals surface area contributed by atoms with E-state index in [0.717, 1.165) is 13.0 Å². The van der Waals surface area contributed by atoms with Gasteiger partial charge >= 0.3 is 0 Å². The molecule has 1 aromatic heterocycles. The van der Waals surface area contributed by atoms with Gasteiger partial charge in [0.2, 0.25) is 0 Å². The molecule has 96 valence electrons. The lowest BCUT2D eigenvalue weighted by atomic mass is 9.93. The molecule has 0 aromatic carbocycles. The Hall–Kier alpha value is -0.800. The third-order valence-electron chi connectivity index (χ3n) is 4.11. The van der Waals surface area contributed by atoms with Gasteiger partial charge in [-0.3, -0.25) is 0 Å². The molecule has 1 aliphatic carbocycles. The van der Waals surface area contributed by atoms with E-state index in [1.54, 1.807) is 0 Å². The predicted molar refractivity (Wildman–Crippen MR) is 72.2 cm³/mol. The Morgan fingerprint density at radius 3 is 2.88 bits per heavy atom. The van der Waals surface area contributed by atoms with Crippen LogP contribution in [0.5, 0.6) is 0 Å². The Morgan fingerprint density at radius 1 is 1.53 bits per heavy atom. The SMILES string of the molecule is Cc1cc2c(n1CC(C)N(C)C)CCCC2N. The summed E-state index contributed by atoms with van der Waals surface area (Å²) in [4.78, 5) is 2.27. The summed E-state index contributed by atoms with van der Waals surface area (Å²) in [7, 11) is 4.28. The van der Waals surface area contributed by atoms with Gasteiger partial charge in [-0.2, -0.15) is 0 Å². The van der Waals surface area contributed by atoms with Crippen LogP contribution in [-0.2, 0) is 13.0 Å². The highest BCUT2D eigenvalue weighted by Gasteiger charge is 2.22. The average Bonchev–Trinajstić information content (AvgIpc) is 2.58. The van der Waals surface area contributed by atoms with Crippen molar-refractivity contribution in [2.75, 3.05) is 14.1 Å². The molecule has 0 fully saturated rings. The summed E-state index contributed by atoms with van der Waals surface area (Å²) in [5.74, 6) is 0. The van der Waals surface area contributed by atoms with Gasteiger partial charge in [-0.15, -0.1) is 0 Å². The number of fused-ring (bicyclic) bond motifs is 1. The minimum absolute atomic E-state index is 0.258. The zero-order chi connectivity index (χ0) is 12.6. The summed E-state index contributed by atoms with van der Waals surface area (Å²) in [5.41, 5.74) is 10.4. The van der Waals surface area contributed by atoms with Crippen LogP contribution >= 0.6 is 0 Å². The molecular weight excluding hydrogens is 210 g/mol. The van der Waals surface area contributed by atoms with Gasteiger partial charge in [0.05, 0.1) is 0 Å². The van der Waals surface area contributed by atoms with Crippen molar-refractivity contribution >= 4 is 0 Å². The topological polar surface area (TPSA) is 34.2 Å². The van der Waals surface area contributed by atoms with Crippen molar-refractivity contribution in [2.24, 2.45) is 5.73 Å². The van der Waals surface area contributed by atoms with E-state index in [2.05, 4.69) is 43.5 Å². The van der Waals surface area contributed by atoms with Gasteiger partial charge in [-0.1, -0.05) is 0 Å². The van der Waals surface area contributed by atoms with Crippen LogP contribution in [0.4, 0.5) is 0 Å². The van der Waals surface area contributed by atoms with Crippen molar-refractivity contribution in [1.29, 1.82) is 0 Å². The maximum absolute atomic E-state index is 6.20. The number of hydrogen-bond acceptors (Lipinski definition) is 2. The highest BCUT2D eigenvalue weighted by atomic mass is 15.1. The van der Waals surface area contributed by atoms with Crippen LogP contribution in [0.25, 0.3) is 0 Å². The molecule has 1 aliphatic rings. The molecule has 0 aliphatic heterocycles. The second-order valence-corrected chi connectivity index (χ2v) is 5.61. The van der Waals surface area contributed by atoms with Crippen LogP contribution in [0.3, 0.4) is 0 Å². The van der Waals surface area contributed by atoms with Crippen LogP contribution < -0.4 is 5.73 Å². The van der Waals surface area contributed by atoms with Gasteiger partial charge in [0.15, 0.2) is 0 Å². The Balaban J connectivity index is 2.28. The standard InChI is InChI=1S/C14H25N3/c1-10-8-12-13(15)6-5-7-14(12)17(10)9-11(2)16(3)4/h8,11,13H,5-7,9,15H2,1-4H3. The van der Waals surface area contributed by atoms with Crippen LogP contribution in [0.1, 0.15) is 42.8 Å². The number of rotatable bonds is 3. The van der Waals surface area contributed by atoms with E-state index < -0.39 is 0 Å². The van der Waals surface area contributed by atoms with Gasteiger partial charge in [0.25, 0.3) is 0 Å². The van der Waals surface area contributed by atoms with Crippen molar-refractivity contribution in [3.63, 3.8) is 0 Å². The Labute approximate surface area is 105 Å². The summed E-state index contributed by atoms with van der Waals surface area (Å²) < 4.78 is 2.47. The molecule has 0 saturated carbocycles. The second-order valence-electron chi connectivity index (χ2n) is 5.61. The first-order valence-electron chi connectivity index (χ1n) is 6.61. The number of hydrogen-bond donors (Lipinski definition) is 1. The van der Waals surface area contributed by atoms with Crippen LogP contribution in [0.2, 0.25) is 0 Å². The van der Waals surface area contributed by atoms with E-state index in [0.29, 0.717) is 6.04 Å². The third-order valence-corrected chi connectivity index (χ3v) is 4.11. The fraction of sp³-hybridized carbons (Fsp3) is 0.714. The molecule has 3 heteroatoms. The molecule has 17 heavy (non-hydrogen) atoms. The number of likely N-dealkylation sites (N-methyl/N-ethyl adjacent to an activating group) is 1. The third kappa shape index (κ3) is 2.40. The maximum Gasteiger partial charge on any atom is 0.0378 e. The van der Waals surface area contributed by atoms with Gasteiger partial charge in [0.1, 0.15) is 0 Å².